The van der Waals surface area contributed by atoms with Crippen LogP contribution >= 0.6 is 11.8 Å². The van der Waals surface area contributed by atoms with E-state index in [0.717, 1.165) is 5.56 Å². The van der Waals surface area contributed by atoms with Crippen molar-refractivity contribution >= 4 is 29.4 Å². The summed E-state index contributed by atoms with van der Waals surface area (Å²) in [4.78, 5) is 36.3. The number of nitrogens with zero attached hydrogens (tertiary/aromatic N) is 1. The minimum absolute atomic E-state index is 0.0320. The maximum atomic E-state index is 12.0. The molecule has 1 saturated heterocycles. The Morgan fingerprint density at radius 3 is 2.68 bits per heavy atom. The number of amides is 1. The number of carbonyl (C=O) groups is 3. The number of esters is 1. The Bertz CT molecular complexity index is 546. The Labute approximate surface area is 134 Å². The molecule has 1 amide bonds. The van der Waals surface area contributed by atoms with Crippen molar-refractivity contribution in [2.24, 2.45) is 0 Å². The van der Waals surface area contributed by atoms with Gasteiger partial charge in [0.25, 0.3) is 0 Å². The van der Waals surface area contributed by atoms with Gasteiger partial charge in [-0.25, -0.2) is 0 Å². The molecule has 1 unspecified atom stereocenters. The van der Waals surface area contributed by atoms with E-state index in [0.29, 0.717) is 19.3 Å². The summed E-state index contributed by atoms with van der Waals surface area (Å²) in [7, 11) is 1.33. The minimum Gasteiger partial charge on any atom is -0.468 e. The molecule has 1 aliphatic heterocycles. The van der Waals surface area contributed by atoms with Gasteiger partial charge in [-0.2, -0.15) is 0 Å². The lowest BCUT2D eigenvalue weighted by Gasteiger charge is -2.39. The van der Waals surface area contributed by atoms with E-state index in [1.54, 1.807) is 4.90 Å². The summed E-state index contributed by atoms with van der Waals surface area (Å²) in [6, 6.07) is 9.79. The quantitative estimate of drug-likeness (QED) is 0.538. The van der Waals surface area contributed by atoms with Crippen LogP contribution in [-0.4, -0.2) is 47.3 Å². The summed E-state index contributed by atoms with van der Waals surface area (Å²) in [5, 5.41) is -0.0905. The van der Waals surface area contributed by atoms with Gasteiger partial charge in [0.15, 0.2) is 5.78 Å². The first-order valence-electron chi connectivity index (χ1n) is 7.13. The fourth-order valence-electron chi connectivity index (χ4n) is 2.18. The molecule has 0 aliphatic carbocycles. The lowest BCUT2D eigenvalue weighted by atomic mass is 10.1. The molecule has 1 fully saturated rings. The number of Topliss-reactive ketones (excluding diaryl/α,β-unsaturated/α-hetero) is 1. The van der Waals surface area contributed by atoms with Crippen LogP contribution in [0.4, 0.5) is 0 Å². The molecule has 1 aromatic carbocycles. The number of hydrogen-bond acceptors (Lipinski definition) is 5. The van der Waals surface area contributed by atoms with Crippen molar-refractivity contribution in [3.63, 3.8) is 0 Å². The van der Waals surface area contributed by atoms with E-state index >= 15 is 0 Å². The van der Waals surface area contributed by atoms with Gasteiger partial charge < -0.3 is 9.64 Å². The molecule has 0 spiro atoms. The SMILES string of the molecule is COC(=O)CSC1CC(=O)N1CC(=O)CCc1ccccc1. The Kier molecular flexibility index (Phi) is 6.00. The van der Waals surface area contributed by atoms with Crippen LogP contribution in [0.15, 0.2) is 30.3 Å². The third kappa shape index (κ3) is 4.59. The van der Waals surface area contributed by atoms with E-state index < -0.39 is 0 Å². The first-order valence-corrected chi connectivity index (χ1v) is 8.18. The van der Waals surface area contributed by atoms with Crippen LogP contribution in [0.5, 0.6) is 0 Å². The first-order chi connectivity index (χ1) is 10.6. The maximum Gasteiger partial charge on any atom is 0.315 e. The average molecular weight is 321 g/mol. The molecule has 5 nitrogen and oxygen atoms in total. The highest BCUT2D eigenvalue weighted by Crippen LogP contribution is 2.29. The van der Waals surface area contributed by atoms with Crippen LogP contribution in [0, 0.1) is 0 Å². The van der Waals surface area contributed by atoms with Crippen LogP contribution < -0.4 is 0 Å². The predicted molar refractivity (Wildman–Crippen MR) is 84.4 cm³/mol. The van der Waals surface area contributed by atoms with Crippen molar-refractivity contribution in [2.75, 3.05) is 19.4 Å². The van der Waals surface area contributed by atoms with Crippen LogP contribution in [0.3, 0.4) is 0 Å². The van der Waals surface area contributed by atoms with Gasteiger partial charge in [-0.15, -0.1) is 11.8 Å². The largest absolute Gasteiger partial charge is 0.468 e. The number of ketones is 1. The van der Waals surface area contributed by atoms with Crippen molar-refractivity contribution in [3.05, 3.63) is 35.9 Å². The third-order valence-electron chi connectivity index (χ3n) is 3.52. The molecular formula is C16H19NO4S. The molecule has 1 aliphatic rings. The van der Waals surface area contributed by atoms with Crippen molar-refractivity contribution in [2.45, 2.75) is 24.6 Å². The molecule has 6 heteroatoms. The number of benzene rings is 1. The molecule has 0 radical (unpaired) electrons. The van der Waals surface area contributed by atoms with Crippen molar-refractivity contribution < 1.29 is 19.1 Å². The Morgan fingerprint density at radius 2 is 2.05 bits per heavy atom. The number of carbonyl (C=O) groups excluding carboxylic acids is 3. The Balaban J connectivity index is 1.75. The van der Waals surface area contributed by atoms with Gasteiger partial charge in [0.2, 0.25) is 5.91 Å². The molecular weight excluding hydrogens is 302 g/mol. The zero-order valence-electron chi connectivity index (χ0n) is 12.5. The molecule has 0 N–H and O–H groups in total. The van der Waals surface area contributed by atoms with Crippen molar-refractivity contribution in [1.29, 1.82) is 0 Å². The zero-order chi connectivity index (χ0) is 15.9. The summed E-state index contributed by atoms with van der Waals surface area (Å²) in [5.41, 5.74) is 1.11. The number of likely N-dealkylation sites (tertiary alicyclic amines) is 1. The number of ether oxygens (including phenoxy) is 1. The summed E-state index contributed by atoms with van der Waals surface area (Å²) in [6.45, 7) is 0.129. The van der Waals surface area contributed by atoms with Crippen molar-refractivity contribution in [3.8, 4) is 0 Å². The molecule has 2 rings (SSSR count). The zero-order valence-corrected chi connectivity index (χ0v) is 13.3. The number of rotatable bonds is 8. The van der Waals surface area contributed by atoms with Crippen molar-refractivity contribution in [1.82, 2.24) is 4.90 Å². The number of methoxy groups -OCH3 is 1. The molecule has 1 aromatic rings. The van der Waals surface area contributed by atoms with Gasteiger partial charge in [0, 0.05) is 6.42 Å². The fourth-order valence-corrected chi connectivity index (χ4v) is 3.26. The van der Waals surface area contributed by atoms with E-state index in [-0.39, 0.29) is 35.3 Å². The number of aryl methyl sites for hydroxylation is 1. The predicted octanol–water partition coefficient (Wildman–Crippen LogP) is 1.65. The second-order valence-electron chi connectivity index (χ2n) is 5.09. The third-order valence-corrected chi connectivity index (χ3v) is 4.73. The van der Waals surface area contributed by atoms with E-state index in [9.17, 15) is 14.4 Å². The molecule has 0 bridgehead atoms. The second-order valence-corrected chi connectivity index (χ2v) is 6.26. The van der Waals surface area contributed by atoms with Gasteiger partial charge in [-0.05, 0) is 12.0 Å². The topological polar surface area (TPSA) is 63.7 Å². The molecule has 1 heterocycles. The van der Waals surface area contributed by atoms with Gasteiger partial charge in [-0.1, -0.05) is 30.3 Å². The van der Waals surface area contributed by atoms with Gasteiger partial charge in [-0.3, -0.25) is 14.4 Å². The average Bonchev–Trinajstić information content (AvgIpc) is 2.55. The van der Waals surface area contributed by atoms with E-state index in [4.69, 9.17) is 0 Å². The highest BCUT2D eigenvalue weighted by Gasteiger charge is 2.37. The van der Waals surface area contributed by atoms with Crippen LogP contribution in [0.25, 0.3) is 0 Å². The summed E-state index contributed by atoms with van der Waals surface area (Å²) < 4.78 is 4.57. The first kappa shape index (κ1) is 16.5. The number of thioether (sulfide) groups is 1. The van der Waals surface area contributed by atoms with Gasteiger partial charge in [0.1, 0.15) is 0 Å². The highest BCUT2D eigenvalue weighted by molar-refractivity contribution is 8.00. The standard InChI is InChI=1S/C16H19NO4S/c1-21-16(20)11-22-15-9-14(19)17(15)10-13(18)8-7-12-5-3-2-4-6-12/h2-6,15H,7-11H2,1H3. The highest BCUT2D eigenvalue weighted by atomic mass is 32.2. The Hall–Kier alpha value is -1.82. The number of β-lactam (4-membered cyclic amide) rings is 1. The Morgan fingerprint density at radius 1 is 1.32 bits per heavy atom. The number of hydrogen-bond donors (Lipinski definition) is 0. The maximum absolute atomic E-state index is 12.0. The smallest absolute Gasteiger partial charge is 0.315 e. The molecule has 0 aromatic heterocycles. The van der Waals surface area contributed by atoms with Crippen LogP contribution in [-0.2, 0) is 25.5 Å². The van der Waals surface area contributed by atoms with E-state index in [1.807, 2.05) is 30.3 Å². The summed E-state index contributed by atoms with van der Waals surface area (Å²) in [6.07, 6.45) is 1.48. The molecule has 118 valence electrons. The molecule has 1 atom stereocenters. The molecule has 0 saturated carbocycles. The fraction of sp³-hybridized carbons (Fsp3) is 0.438. The monoisotopic (exact) mass is 321 g/mol. The summed E-state index contributed by atoms with van der Waals surface area (Å²) >= 11 is 1.34. The lowest BCUT2D eigenvalue weighted by molar-refractivity contribution is -0.145. The summed E-state index contributed by atoms with van der Waals surface area (Å²) in [5.74, 6) is -0.112. The van der Waals surface area contributed by atoms with Crippen LogP contribution in [0.2, 0.25) is 0 Å². The second kappa shape index (κ2) is 7.98. The van der Waals surface area contributed by atoms with E-state index in [2.05, 4.69) is 4.74 Å². The van der Waals surface area contributed by atoms with Gasteiger partial charge in [0.05, 0.1) is 31.2 Å². The normalized spacial score (nSPS) is 17.0. The van der Waals surface area contributed by atoms with Crippen LogP contribution in [0.1, 0.15) is 18.4 Å². The minimum atomic E-state index is -0.320. The van der Waals surface area contributed by atoms with Gasteiger partial charge >= 0.3 is 5.97 Å². The lowest BCUT2D eigenvalue weighted by Crippen LogP contribution is -2.53. The molecule has 22 heavy (non-hydrogen) atoms. The van der Waals surface area contributed by atoms with E-state index in [1.165, 1.54) is 18.9 Å².